The van der Waals surface area contributed by atoms with Crippen LogP contribution in [-0.2, 0) is 6.42 Å². The Morgan fingerprint density at radius 3 is 2.78 bits per heavy atom. The van der Waals surface area contributed by atoms with Crippen molar-refractivity contribution in [1.82, 2.24) is 4.98 Å². The van der Waals surface area contributed by atoms with Crippen LogP contribution >= 0.6 is 27.3 Å². The second-order valence-electron chi connectivity index (χ2n) is 4.43. The molecule has 0 fully saturated rings. The van der Waals surface area contributed by atoms with Gasteiger partial charge in [-0.25, -0.2) is 4.98 Å². The largest absolute Gasteiger partial charge is 0.241 e. The van der Waals surface area contributed by atoms with Gasteiger partial charge in [0.2, 0.25) is 0 Å². The maximum absolute atomic E-state index is 4.73. The van der Waals surface area contributed by atoms with E-state index in [2.05, 4.69) is 46.4 Å². The van der Waals surface area contributed by atoms with Gasteiger partial charge in [-0.2, -0.15) is 0 Å². The van der Waals surface area contributed by atoms with E-state index in [1.807, 2.05) is 6.07 Å². The van der Waals surface area contributed by atoms with E-state index >= 15 is 0 Å². The number of aryl methyl sites for hydroxylation is 1. The van der Waals surface area contributed by atoms with Crippen LogP contribution in [0, 0.1) is 0 Å². The number of nitrogens with zero attached hydrogens (tertiary/aromatic N) is 1. The number of rotatable bonds is 6. The number of unbranched alkanes of at least 4 members (excludes halogenated alkanes) is 3. The van der Waals surface area contributed by atoms with E-state index in [0.717, 1.165) is 15.9 Å². The van der Waals surface area contributed by atoms with Crippen LogP contribution in [0.25, 0.3) is 10.6 Å². The van der Waals surface area contributed by atoms with Gasteiger partial charge in [0, 0.05) is 15.4 Å². The van der Waals surface area contributed by atoms with Gasteiger partial charge in [-0.05, 0) is 18.9 Å². The monoisotopic (exact) mass is 323 g/mol. The molecule has 2 rings (SSSR count). The Kier molecular flexibility index (Phi) is 5.39. The summed E-state index contributed by atoms with van der Waals surface area (Å²) in [6, 6.07) is 8.27. The van der Waals surface area contributed by atoms with Crippen molar-refractivity contribution in [1.29, 1.82) is 0 Å². The molecule has 1 aromatic carbocycles. The summed E-state index contributed by atoms with van der Waals surface area (Å²) in [5.74, 6) is 0. The smallest absolute Gasteiger partial charge is 0.124 e. The van der Waals surface area contributed by atoms with Gasteiger partial charge in [-0.1, -0.05) is 60.3 Å². The predicted octanol–water partition coefficient (Wildman–Crippen LogP) is 5.70. The lowest BCUT2D eigenvalue weighted by atomic mass is 10.1. The molecule has 0 atom stereocenters. The minimum absolute atomic E-state index is 1.11. The molecule has 1 heterocycles. The molecular weight excluding hydrogens is 306 g/mol. The molecule has 0 bridgehead atoms. The quantitative estimate of drug-likeness (QED) is 0.622. The van der Waals surface area contributed by atoms with Crippen LogP contribution in [0.5, 0.6) is 0 Å². The fraction of sp³-hybridized carbons (Fsp3) is 0.400. The molecule has 0 amide bonds. The molecule has 0 aliphatic carbocycles. The first kappa shape index (κ1) is 13.8. The molecule has 0 spiro atoms. The number of halogens is 1. The van der Waals surface area contributed by atoms with Gasteiger partial charge in [-0.3, -0.25) is 0 Å². The van der Waals surface area contributed by atoms with E-state index in [1.165, 1.54) is 36.9 Å². The fourth-order valence-corrected chi connectivity index (χ4v) is 3.41. The van der Waals surface area contributed by atoms with Crippen LogP contribution < -0.4 is 0 Å². The fourth-order valence-electron chi connectivity index (χ4n) is 1.91. The van der Waals surface area contributed by atoms with E-state index in [0.29, 0.717) is 0 Å². The Morgan fingerprint density at radius 2 is 2.00 bits per heavy atom. The van der Waals surface area contributed by atoms with E-state index in [4.69, 9.17) is 4.98 Å². The molecular formula is C15H18BrNS. The van der Waals surface area contributed by atoms with E-state index < -0.39 is 0 Å². The summed E-state index contributed by atoms with van der Waals surface area (Å²) in [7, 11) is 0. The topological polar surface area (TPSA) is 12.9 Å². The molecule has 3 heteroatoms. The second-order valence-corrected chi connectivity index (χ2v) is 6.15. The zero-order valence-electron chi connectivity index (χ0n) is 10.7. The molecule has 2 aromatic rings. The zero-order chi connectivity index (χ0) is 12.8. The highest BCUT2D eigenvalue weighted by molar-refractivity contribution is 9.10. The van der Waals surface area contributed by atoms with Gasteiger partial charge in [0.1, 0.15) is 5.01 Å². The van der Waals surface area contributed by atoms with Crippen LogP contribution in [0.2, 0.25) is 0 Å². The zero-order valence-corrected chi connectivity index (χ0v) is 13.1. The number of thiazole rings is 1. The molecule has 0 aliphatic heterocycles. The first-order valence-corrected chi connectivity index (χ1v) is 8.18. The third-order valence-corrected chi connectivity index (χ3v) is 4.56. The number of benzene rings is 1. The van der Waals surface area contributed by atoms with Crippen molar-refractivity contribution in [2.45, 2.75) is 39.0 Å². The van der Waals surface area contributed by atoms with Gasteiger partial charge >= 0.3 is 0 Å². The lowest BCUT2D eigenvalue weighted by molar-refractivity contribution is 0.662. The SMILES string of the molecule is CCCCCCc1csc(-c2ccccc2Br)n1. The molecule has 96 valence electrons. The van der Waals surface area contributed by atoms with Crippen molar-refractivity contribution in [3.63, 3.8) is 0 Å². The molecule has 0 aliphatic rings. The minimum Gasteiger partial charge on any atom is -0.241 e. The Bertz CT molecular complexity index is 493. The third kappa shape index (κ3) is 3.66. The summed E-state index contributed by atoms with van der Waals surface area (Å²) in [5.41, 5.74) is 2.43. The van der Waals surface area contributed by atoms with Gasteiger partial charge in [0.05, 0.1) is 5.69 Å². The second kappa shape index (κ2) is 7.05. The van der Waals surface area contributed by atoms with Gasteiger partial charge in [0.25, 0.3) is 0 Å². The first-order chi connectivity index (χ1) is 8.81. The highest BCUT2D eigenvalue weighted by atomic mass is 79.9. The van der Waals surface area contributed by atoms with Crippen molar-refractivity contribution < 1.29 is 0 Å². The van der Waals surface area contributed by atoms with Crippen molar-refractivity contribution >= 4 is 27.3 Å². The highest BCUT2D eigenvalue weighted by Gasteiger charge is 2.07. The third-order valence-electron chi connectivity index (χ3n) is 2.94. The number of aromatic nitrogens is 1. The number of hydrogen-bond donors (Lipinski definition) is 0. The Hall–Kier alpha value is -0.670. The highest BCUT2D eigenvalue weighted by Crippen LogP contribution is 2.30. The predicted molar refractivity (Wildman–Crippen MR) is 83.1 cm³/mol. The Morgan fingerprint density at radius 1 is 1.17 bits per heavy atom. The summed E-state index contributed by atoms with van der Waals surface area (Å²) in [6.45, 7) is 2.24. The molecule has 1 aromatic heterocycles. The molecule has 0 saturated heterocycles. The number of hydrogen-bond acceptors (Lipinski definition) is 2. The van der Waals surface area contributed by atoms with Crippen LogP contribution in [0.4, 0.5) is 0 Å². The lowest BCUT2D eigenvalue weighted by Crippen LogP contribution is -1.86. The minimum atomic E-state index is 1.11. The molecule has 0 radical (unpaired) electrons. The van der Waals surface area contributed by atoms with E-state index in [9.17, 15) is 0 Å². The molecule has 1 nitrogen and oxygen atoms in total. The summed E-state index contributed by atoms with van der Waals surface area (Å²) in [5, 5.41) is 3.31. The van der Waals surface area contributed by atoms with Crippen molar-refractivity contribution in [3.05, 3.63) is 39.8 Å². The summed E-state index contributed by atoms with van der Waals surface area (Å²) in [4.78, 5) is 4.73. The average Bonchev–Trinajstić information content (AvgIpc) is 2.84. The molecule has 0 unspecified atom stereocenters. The molecule has 18 heavy (non-hydrogen) atoms. The summed E-state index contributed by atoms with van der Waals surface area (Å²) in [6.07, 6.45) is 6.31. The Labute approximate surface area is 121 Å². The van der Waals surface area contributed by atoms with Gasteiger partial charge in [0.15, 0.2) is 0 Å². The van der Waals surface area contributed by atoms with Crippen LogP contribution in [-0.4, -0.2) is 4.98 Å². The molecule has 0 saturated carbocycles. The lowest BCUT2D eigenvalue weighted by Gasteiger charge is -1.99. The molecule has 0 N–H and O–H groups in total. The standard InChI is InChI=1S/C15H18BrNS/c1-2-3-4-5-8-12-11-18-15(17-12)13-9-6-7-10-14(13)16/h6-7,9-11H,2-5,8H2,1H3. The van der Waals surface area contributed by atoms with Crippen molar-refractivity contribution in [2.75, 3.05) is 0 Å². The Balaban J connectivity index is 2.00. The van der Waals surface area contributed by atoms with E-state index in [1.54, 1.807) is 11.3 Å². The summed E-state index contributed by atoms with van der Waals surface area (Å²) < 4.78 is 1.12. The maximum atomic E-state index is 4.73. The van der Waals surface area contributed by atoms with Gasteiger partial charge < -0.3 is 0 Å². The van der Waals surface area contributed by atoms with Crippen LogP contribution in [0.15, 0.2) is 34.1 Å². The van der Waals surface area contributed by atoms with Crippen LogP contribution in [0.3, 0.4) is 0 Å². The summed E-state index contributed by atoms with van der Waals surface area (Å²) >= 11 is 5.32. The van der Waals surface area contributed by atoms with Crippen molar-refractivity contribution in [2.24, 2.45) is 0 Å². The first-order valence-electron chi connectivity index (χ1n) is 6.50. The normalized spacial score (nSPS) is 10.8. The average molecular weight is 324 g/mol. The van der Waals surface area contributed by atoms with Crippen LogP contribution in [0.1, 0.15) is 38.3 Å². The van der Waals surface area contributed by atoms with Gasteiger partial charge in [-0.15, -0.1) is 11.3 Å². The maximum Gasteiger partial charge on any atom is 0.124 e. The van der Waals surface area contributed by atoms with E-state index in [-0.39, 0.29) is 0 Å². The van der Waals surface area contributed by atoms with Crippen molar-refractivity contribution in [3.8, 4) is 10.6 Å².